The maximum absolute atomic E-state index is 12.8. The van der Waals surface area contributed by atoms with Gasteiger partial charge in [0.25, 0.3) is 0 Å². The normalized spacial score (nSPS) is 12.0. The van der Waals surface area contributed by atoms with Crippen LogP contribution < -0.4 is 0 Å². The van der Waals surface area contributed by atoms with Crippen molar-refractivity contribution in [3.05, 3.63) is 0 Å². The summed E-state index contributed by atoms with van der Waals surface area (Å²) in [5.41, 5.74) is 0. The van der Waals surface area contributed by atoms with Gasteiger partial charge in [-0.1, -0.05) is 266 Å². The van der Waals surface area contributed by atoms with Gasteiger partial charge in [0.1, 0.15) is 13.2 Å². The Morgan fingerprint density at radius 2 is 0.541 bits per heavy atom. The number of carbonyl (C=O) groups excluding carboxylic acids is 3. The Labute approximate surface area is 380 Å². The average molecular weight is 863 g/mol. The molecule has 0 saturated carbocycles. The van der Waals surface area contributed by atoms with Gasteiger partial charge in [-0.05, 0) is 31.1 Å². The van der Waals surface area contributed by atoms with Crippen LogP contribution in [0.25, 0.3) is 0 Å². The molecule has 0 unspecified atom stereocenters. The molecule has 0 aromatic carbocycles. The smallest absolute Gasteiger partial charge is 0.306 e. The summed E-state index contributed by atoms with van der Waals surface area (Å²) in [4.78, 5) is 38.0. The lowest BCUT2D eigenvalue weighted by Crippen LogP contribution is -2.30. The van der Waals surface area contributed by atoms with Crippen LogP contribution in [0.15, 0.2) is 0 Å². The molecule has 6 heteroatoms. The molecule has 0 radical (unpaired) electrons. The van der Waals surface area contributed by atoms with Crippen molar-refractivity contribution in [1.29, 1.82) is 0 Å². The highest BCUT2D eigenvalue weighted by Gasteiger charge is 2.19. The Kier molecular flexibility index (Phi) is 46.6. The van der Waals surface area contributed by atoms with Gasteiger partial charge in [0.05, 0.1) is 0 Å². The Bertz CT molecular complexity index is 931. The van der Waals surface area contributed by atoms with E-state index in [1.165, 1.54) is 193 Å². The van der Waals surface area contributed by atoms with Crippen LogP contribution >= 0.6 is 0 Å². The van der Waals surface area contributed by atoms with Crippen molar-refractivity contribution in [3.8, 4) is 0 Å². The second kappa shape index (κ2) is 47.9. The number of carbonyl (C=O) groups is 3. The third-order valence-corrected chi connectivity index (χ3v) is 12.5. The van der Waals surface area contributed by atoms with Crippen molar-refractivity contribution in [3.63, 3.8) is 0 Å². The highest BCUT2D eigenvalue weighted by molar-refractivity contribution is 5.71. The Morgan fingerprint density at radius 1 is 0.311 bits per heavy atom. The summed E-state index contributed by atoms with van der Waals surface area (Å²) >= 11 is 0. The molecular weight excluding hydrogens is 757 g/mol. The second-order valence-corrected chi connectivity index (χ2v) is 19.8. The third kappa shape index (κ3) is 49.3. The molecule has 0 spiro atoms. The van der Waals surface area contributed by atoms with Gasteiger partial charge in [0.15, 0.2) is 6.10 Å². The number of unbranched alkanes of at least 4 members (excludes halogenated alkanes) is 34. The molecule has 0 aliphatic carbocycles. The first-order chi connectivity index (χ1) is 29.7. The number of hydrogen-bond acceptors (Lipinski definition) is 6. The van der Waals surface area contributed by atoms with Crippen LogP contribution in [0.2, 0.25) is 0 Å². The van der Waals surface area contributed by atoms with E-state index >= 15 is 0 Å². The van der Waals surface area contributed by atoms with Crippen molar-refractivity contribution in [2.24, 2.45) is 11.8 Å². The lowest BCUT2D eigenvalue weighted by Gasteiger charge is -2.18. The van der Waals surface area contributed by atoms with E-state index in [1.807, 2.05) is 0 Å². The van der Waals surface area contributed by atoms with E-state index in [0.29, 0.717) is 19.3 Å². The summed E-state index contributed by atoms with van der Waals surface area (Å²) in [5.74, 6) is 0.813. The highest BCUT2D eigenvalue weighted by Crippen LogP contribution is 2.18. The van der Waals surface area contributed by atoms with Crippen LogP contribution in [0.1, 0.15) is 304 Å². The zero-order chi connectivity index (χ0) is 44.7. The van der Waals surface area contributed by atoms with Gasteiger partial charge in [-0.25, -0.2) is 0 Å². The molecule has 0 fully saturated rings. The van der Waals surface area contributed by atoms with E-state index in [1.54, 1.807) is 0 Å². The Hall–Kier alpha value is -1.59. The first-order valence-electron chi connectivity index (χ1n) is 27.2. The van der Waals surface area contributed by atoms with E-state index in [-0.39, 0.29) is 31.1 Å². The molecule has 61 heavy (non-hydrogen) atoms. The molecule has 0 aliphatic rings. The lowest BCUT2D eigenvalue weighted by atomic mass is 10.0. The summed E-state index contributed by atoms with van der Waals surface area (Å²) in [6, 6.07) is 0. The monoisotopic (exact) mass is 863 g/mol. The van der Waals surface area contributed by atoms with E-state index in [2.05, 4.69) is 34.6 Å². The number of hydrogen-bond donors (Lipinski definition) is 0. The first-order valence-corrected chi connectivity index (χ1v) is 27.2. The van der Waals surface area contributed by atoms with Crippen molar-refractivity contribution < 1.29 is 28.6 Å². The second-order valence-electron chi connectivity index (χ2n) is 19.8. The van der Waals surface area contributed by atoms with Gasteiger partial charge in [-0.2, -0.15) is 0 Å². The van der Waals surface area contributed by atoms with Crippen LogP contribution in [0.5, 0.6) is 0 Å². The molecule has 0 heterocycles. The van der Waals surface area contributed by atoms with Crippen molar-refractivity contribution in [2.45, 2.75) is 310 Å². The number of esters is 3. The number of ether oxygens (including phenoxy) is 3. The molecular formula is C55H106O6. The minimum atomic E-state index is -0.762. The van der Waals surface area contributed by atoms with Crippen LogP contribution in [-0.2, 0) is 28.6 Å². The molecule has 0 aliphatic heterocycles. The van der Waals surface area contributed by atoms with Crippen LogP contribution in [0.4, 0.5) is 0 Å². The highest BCUT2D eigenvalue weighted by atomic mass is 16.6. The van der Waals surface area contributed by atoms with Gasteiger partial charge in [0, 0.05) is 19.3 Å². The Morgan fingerprint density at radius 3 is 0.803 bits per heavy atom. The molecule has 362 valence electrons. The fourth-order valence-corrected chi connectivity index (χ4v) is 8.34. The van der Waals surface area contributed by atoms with Crippen LogP contribution in [0.3, 0.4) is 0 Å². The average Bonchev–Trinajstić information content (AvgIpc) is 3.23. The van der Waals surface area contributed by atoms with E-state index in [9.17, 15) is 14.4 Å². The zero-order valence-electron chi connectivity index (χ0n) is 41.8. The molecule has 0 rings (SSSR count). The van der Waals surface area contributed by atoms with Crippen LogP contribution in [0, 0.1) is 11.8 Å². The molecule has 0 amide bonds. The third-order valence-electron chi connectivity index (χ3n) is 12.5. The minimum Gasteiger partial charge on any atom is -0.462 e. The largest absolute Gasteiger partial charge is 0.462 e. The summed E-state index contributed by atoms with van der Waals surface area (Å²) in [6.07, 6.45) is 49.5. The number of rotatable bonds is 49. The topological polar surface area (TPSA) is 78.9 Å². The van der Waals surface area contributed by atoms with E-state index in [4.69, 9.17) is 14.2 Å². The first kappa shape index (κ1) is 59.4. The van der Waals surface area contributed by atoms with Crippen LogP contribution in [-0.4, -0.2) is 37.2 Å². The summed E-state index contributed by atoms with van der Waals surface area (Å²) < 4.78 is 16.8. The van der Waals surface area contributed by atoms with Gasteiger partial charge >= 0.3 is 17.9 Å². The predicted octanol–water partition coefficient (Wildman–Crippen LogP) is 17.7. The molecule has 1 atom stereocenters. The summed E-state index contributed by atoms with van der Waals surface area (Å²) in [6.45, 7) is 11.4. The van der Waals surface area contributed by atoms with E-state index < -0.39 is 6.10 Å². The van der Waals surface area contributed by atoms with Crippen molar-refractivity contribution >= 4 is 17.9 Å². The SMILES string of the molecule is CCCCCCCCCCCCCCCC(=O)O[C@H](COC(=O)CCCCCCCCCCCCCCCCCC(C)C)COC(=O)CCCCCCCCCCCC(C)C. The maximum Gasteiger partial charge on any atom is 0.306 e. The van der Waals surface area contributed by atoms with Gasteiger partial charge in [0.2, 0.25) is 0 Å². The maximum atomic E-state index is 12.8. The fourth-order valence-electron chi connectivity index (χ4n) is 8.34. The zero-order valence-corrected chi connectivity index (χ0v) is 41.8. The van der Waals surface area contributed by atoms with Gasteiger partial charge < -0.3 is 14.2 Å². The quantitative estimate of drug-likeness (QED) is 0.0344. The predicted molar refractivity (Wildman–Crippen MR) is 261 cm³/mol. The summed E-state index contributed by atoms with van der Waals surface area (Å²) in [7, 11) is 0. The van der Waals surface area contributed by atoms with Crippen molar-refractivity contribution in [1.82, 2.24) is 0 Å². The molecule has 0 saturated heterocycles. The molecule has 0 bridgehead atoms. The van der Waals surface area contributed by atoms with Gasteiger partial charge in [-0.3, -0.25) is 14.4 Å². The molecule has 0 aromatic rings. The molecule has 6 nitrogen and oxygen atoms in total. The van der Waals surface area contributed by atoms with Gasteiger partial charge in [-0.15, -0.1) is 0 Å². The van der Waals surface area contributed by atoms with E-state index in [0.717, 1.165) is 69.6 Å². The summed E-state index contributed by atoms with van der Waals surface area (Å²) in [5, 5.41) is 0. The Balaban J connectivity index is 4.27. The standard InChI is InChI=1S/C55H106O6/c1-6-7-8-9-10-11-12-16-21-26-32-37-42-47-55(58)61-52(49-60-54(57)46-41-36-31-27-22-24-29-34-39-44-51(4)5)48-59-53(56)45-40-35-30-25-20-18-15-13-14-17-19-23-28-33-38-43-50(2)3/h50-52H,6-49H2,1-5H3/t52-/m1/s1. The molecule has 0 N–H and O–H groups in total. The fraction of sp³-hybridized carbons (Fsp3) is 0.945. The minimum absolute atomic E-state index is 0.0633. The van der Waals surface area contributed by atoms with Crippen molar-refractivity contribution in [2.75, 3.05) is 13.2 Å². The lowest BCUT2D eigenvalue weighted by molar-refractivity contribution is -0.167. The molecule has 0 aromatic heterocycles.